The topological polar surface area (TPSA) is 20.7 Å². The van der Waals surface area contributed by atoms with Gasteiger partial charge < -0.3 is 4.98 Å². The monoisotopic (exact) mass is 296 g/mol. The Kier molecular flexibility index (Phi) is 3.93. The van der Waals surface area contributed by atoms with Crippen LogP contribution in [0.25, 0.3) is 16.7 Å². The first-order valence-corrected chi connectivity index (χ1v) is 7.91. The molecule has 0 unspecified atom stereocenters. The molecule has 0 fully saturated rings. The second-order valence-electron chi connectivity index (χ2n) is 5.50. The summed E-state index contributed by atoms with van der Waals surface area (Å²) in [5.41, 5.74) is 6.00. The van der Waals surface area contributed by atoms with E-state index >= 15 is 0 Å². The lowest BCUT2D eigenvalue weighted by atomic mass is 10.1. The maximum absolute atomic E-state index is 5.50. The van der Waals surface area contributed by atoms with Crippen molar-refractivity contribution in [2.75, 3.05) is 0 Å². The molecule has 0 aliphatic rings. The highest BCUT2D eigenvalue weighted by Gasteiger charge is 2.07. The number of H-pyrrole nitrogens is 1. The van der Waals surface area contributed by atoms with Gasteiger partial charge in [-0.25, -0.2) is 0 Å². The van der Waals surface area contributed by atoms with Crippen LogP contribution < -0.4 is 0 Å². The van der Waals surface area contributed by atoms with Crippen molar-refractivity contribution in [2.45, 2.75) is 33.1 Å². The fraction of sp³-hybridized carbons (Fsp3) is 0.278. The Morgan fingerprint density at radius 2 is 1.86 bits per heavy atom. The van der Waals surface area contributed by atoms with Gasteiger partial charge in [-0.3, -0.25) is 4.57 Å². The van der Waals surface area contributed by atoms with Crippen molar-refractivity contribution >= 4 is 23.3 Å². The van der Waals surface area contributed by atoms with Gasteiger partial charge in [0.25, 0.3) is 0 Å². The number of aromatic amines is 1. The van der Waals surface area contributed by atoms with Crippen LogP contribution >= 0.6 is 12.2 Å². The molecule has 3 rings (SSSR count). The molecule has 108 valence electrons. The van der Waals surface area contributed by atoms with Gasteiger partial charge in [0.15, 0.2) is 4.77 Å². The lowest BCUT2D eigenvalue weighted by Gasteiger charge is -2.06. The number of unbranched alkanes of at least 4 members (excludes halogenated alkanes) is 1. The Morgan fingerprint density at radius 3 is 2.57 bits per heavy atom. The molecule has 1 heterocycles. The summed E-state index contributed by atoms with van der Waals surface area (Å²) in [6.45, 7) is 4.33. The summed E-state index contributed by atoms with van der Waals surface area (Å²) in [7, 11) is 0. The molecule has 0 saturated heterocycles. The Morgan fingerprint density at radius 1 is 1.10 bits per heavy atom. The zero-order valence-electron chi connectivity index (χ0n) is 12.5. The van der Waals surface area contributed by atoms with Gasteiger partial charge in [-0.2, -0.15) is 0 Å². The van der Waals surface area contributed by atoms with Gasteiger partial charge in [-0.15, -0.1) is 0 Å². The number of benzene rings is 2. The minimum Gasteiger partial charge on any atom is -0.330 e. The zero-order chi connectivity index (χ0) is 14.8. The lowest BCUT2D eigenvalue weighted by molar-refractivity contribution is 0.795. The van der Waals surface area contributed by atoms with Crippen LogP contribution in [-0.4, -0.2) is 9.55 Å². The average molecular weight is 296 g/mol. The molecular formula is C18H20N2S. The van der Waals surface area contributed by atoms with Crippen LogP contribution in [0, 0.1) is 11.7 Å². The molecule has 2 nitrogen and oxygen atoms in total. The van der Waals surface area contributed by atoms with E-state index in [-0.39, 0.29) is 0 Å². The molecule has 0 aliphatic carbocycles. The molecule has 0 saturated carbocycles. The second kappa shape index (κ2) is 5.86. The Hall–Kier alpha value is -1.87. The minimum absolute atomic E-state index is 0.751. The highest BCUT2D eigenvalue weighted by molar-refractivity contribution is 7.71. The highest BCUT2D eigenvalue weighted by Crippen LogP contribution is 2.22. The summed E-state index contributed by atoms with van der Waals surface area (Å²) in [4.78, 5) is 3.32. The number of aromatic nitrogens is 2. The van der Waals surface area contributed by atoms with Crippen molar-refractivity contribution in [3.05, 3.63) is 58.4 Å². The second-order valence-corrected chi connectivity index (χ2v) is 5.89. The summed E-state index contributed by atoms with van der Waals surface area (Å²) < 4.78 is 2.86. The van der Waals surface area contributed by atoms with E-state index in [4.69, 9.17) is 12.2 Å². The molecule has 0 aliphatic heterocycles. The minimum atomic E-state index is 0.751. The lowest BCUT2D eigenvalue weighted by Crippen LogP contribution is -1.94. The number of imidazole rings is 1. The smallest absolute Gasteiger partial charge is 0.182 e. The predicted molar refractivity (Wildman–Crippen MR) is 91.8 cm³/mol. The fourth-order valence-corrected chi connectivity index (χ4v) is 3.03. The van der Waals surface area contributed by atoms with E-state index in [0.29, 0.717) is 0 Å². The molecule has 3 aromatic rings. The summed E-state index contributed by atoms with van der Waals surface area (Å²) in [6.07, 6.45) is 3.62. The van der Waals surface area contributed by atoms with Crippen LogP contribution in [0.4, 0.5) is 0 Å². The Bertz CT molecular complexity index is 809. The molecule has 1 N–H and O–H groups in total. The first kappa shape index (κ1) is 14.1. The van der Waals surface area contributed by atoms with Crippen molar-refractivity contribution in [3.8, 4) is 5.69 Å². The quantitative estimate of drug-likeness (QED) is 0.645. The predicted octanol–water partition coefficient (Wildman–Crippen LogP) is 5.34. The van der Waals surface area contributed by atoms with Gasteiger partial charge in [0.2, 0.25) is 0 Å². The molecule has 0 radical (unpaired) electrons. The molecule has 0 atom stereocenters. The third-order valence-corrected chi connectivity index (χ3v) is 4.22. The number of fused-ring (bicyclic) bond motifs is 1. The third kappa shape index (κ3) is 2.66. The van der Waals surface area contributed by atoms with E-state index in [0.717, 1.165) is 27.9 Å². The zero-order valence-corrected chi connectivity index (χ0v) is 13.3. The molecule has 21 heavy (non-hydrogen) atoms. The van der Waals surface area contributed by atoms with Crippen molar-refractivity contribution in [2.24, 2.45) is 0 Å². The number of hydrogen-bond donors (Lipinski definition) is 1. The number of para-hydroxylation sites is 1. The third-order valence-electron chi connectivity index (χ3n) is 3.94. The van der Waals surface area contributed by atoms with E-state index in [9.17, 15) is 0 Å². The summed E-state index contributed by atoms with van der Waals surface area (Å²) in [6, 6.07) is 15.0. The molecule has 0 bridgehead atoms. The SMILES string of the molecule is CCCCc1ccc(-n2c(=S)[nH]c3c(C)cccc32)cc1. The number of nitrogens with zero attached hydrogens (tertiary/aromatic N) is 1. The van der Waals surface area contributed by atoms with Crippen LogP contribution in [-0.2, 0) is 6.42 Å². The van der Waals surface area contributed by atoms with E-state index < -0.39 is 0 Å². The summed E-state index contributed by atoms with van der Waals surface area (Å²) >= 11 is 5.50. The van der Waals surface area contributed by atoms with Crippen molar-refractivity contribution in [1.29, 1.82) is 0 Å². The molecule has 3 heteroatoms. The van der Waals surface area contributed by atoms with Gasteiger partial charge in [0.05, 0.1) is 11.0 Å². The van der Waals surface area contributed by atoms with Crippen LogP contribution in [0.15, 0.2) is 42.5 Å². The molecule has 0 amide bonds. The van der Waals surface area contributed by atoms with Gasteiger partial charge >= 0.3 is 0 Å². The highest BCUT2D eigenvalue weighted by atomic mass is 32.1. The number of rotatable bonds is 4. The van der Waals surface area contributed by atoms with E-state index in [1.807, 2.05) is 0 Å². The first-order valence-electron chi connectivity index (χ1n) is 7.50. The van der Waals surface area contributed by atoms with Crippen LogP contribution in [0.5, 0.6) is 0 Å². The maximum Gasteiger partial charge on any atom is 0.182 e. The number of nitrogens with one attached hydrogen (secondary N) is 1. The van der Waals surface area contributed by atoms with Crippen molar-refractivity contribution in [3.63, 3.8) is 0 Å². The van der Waals surface area contributed by atoms with Crippen LogP contribution in [0.3, 0.4) is 0 Å². The normalized spacial score (nSPS) is 11.1. The Labute approximate surface area is 130 Å². The fourth-order valence-electron chi connectivity index (χ4n) is 2.72. The average Bonchev–Trinajstić information content (AvgIpc) is 2.83. The molecule has 0 spiro atoms. The molecule has 2 aromatic carbocycles. The van der Waals surface area contributed by atoms with E-state index in [1.54, 1.807) is 0 Å². The number of aryl methyl sites for hydroxylation is 2. The Balaban J connectivity index is 2.06. The summed E-state index contributed by atoms with van der Waals surface area (Å²) in [5.74, 6) is 0. The van der Waals surface area contributed by atoms with Crippen LogP contribution in [0.2, 0.25) is 0 Å². The largest absolute Gasteiger partial charge is 0.330 e. The van der Waals surface area contributed by atoms with E-state index in [1.165, 1.54) is 24.0 Å². The van der Waals surface area contributed by atoms with Gasteiger partial charge in [-0.05, 0) is 61.3 Å². The summed E-state index contributed by atoms with van der Waals surface area (Å²) in [5, 5.41) is 0. The van der Waals surface area contributed by atoms with E-state index in [2.05, 4.69) is 65.9 Å². The van der Waals surface area contributed by atoms with Crippen molar-refractivity contribution < 1.29 is 0 Å². The standard InChI is InChI=1S/C18H20N2S/c1-3-4-7-14-9-11-15(12-10-14)20-16-8-5-6-13(2)17(16)19-18(20)21/h5-6,8-12H,3-4,7H2,1-2H3,(H,19,21). The van der Waals surface area contributed by atoms with Gasteiger partial charge in [-0.1, -0.05) is 37.6 Å². The molecule has 1 aromatic heterocycles. The van der Waals surface area contributed by atoms with Gasteiger partial charge in [0.1, 0.15) is 0 Å². The first-order chi connectivity index (χ1) is 10.2. The van der Waals surface area contributed by atoms with Crippen molar-refractivity contribution in [1.82, 2.24) is 9.55 Å². The van der Waals surface area contributed by atoms with Crippen LogP contribution in [0.1, 0.15) is 30.9 Å². The number of hydrogen-bond acceptors (Lipinski definition) is 1. The van der Waals surface area contributed by atoms with Gasteiger partial charge in [0, 0.05) is 5.69 Å². The molecular weight excluding hydrogens is 276 g/mol. The maximum atomic E-state index is 5.50.